The summed E-state index contributed by atoms with van der Waals surface area (Å²) in [6.45, 7) is 10.4. The van der Waals surface area contributed by atoms with E-state index < -0.39 is 41.3 Å². The van der Waals surface area contributed by atoms with E-state index in [1.54, 1.807) is 90.1 Å². The maximum Gasteiger partial charge on any atom is 0.408 e. The highest BCUT2D eigenvalue weighted by Crippen LogP contribution is 2.25. The van der Waals surface area contributed by atoms with E-state index in [1.165, 1.54) is 0 Å². The van der Waals surface area contributed by atoms with E-state index in [2.05, 4.69) is 10.6 Å². The summed E-state index contributed by atoms with van der Waals surface area (Å²) in [5.74, 6) is -0.431. The number of hydrogen-bond acceptors (Lipinski definition) is 5. The average molecular weight is 441 g/mol. The number of amides is 2. The zero-order chi connectivity index (χ0) is 23.9. The van der Waals surface area contributed by atoms with Crippen LogP contribution >= 0.6 is 0 Å². The minimum atomic E-state index is -1.05. The first kappa shape index (κ1) is 24.9. The molecule has 2 aromatic rings. The molecule has 0 radical (unpaired) electrons. The molecule has 0 aliphatic heterocycles. The van der Waals surface area contributed by atoms with Crippen LogP contribution in [0.4, 0.5) is 9.59 Å². The molecule has 0 fully saturated rings. The van der Waals surface area contributed by atoms with Crippen LogP contribution in [0.15, 0.2) is 60.7 Å². The van der Waals surface area contributed by atoms with Crippen molar-refractivity contribution in [3.05, 3.63) is 71.8 Å². The maximum absolute atomic E-state index is 13.7. The molecule has 32 heavy (non-hydrogen) atoms. The third-order valence-electron chi connectivity index (χ3n) is 4.16. The number of nitrogens with one attached hydrogen (secondary N) is 2. The summed E-state index contributed by atoms with van der Waals surface area (Å²) in [4.78, 5) is 38.7. The lowest BCUT2D eigenvalue weighted by atomic mass is 9.93. The van der Waals surface area contributed by atoms with Gasteiger partial charge in [0, 0.05) is 0 Å². The summed E-state index contributed by atoms with van der Waals surface area (Å²) in [6, 6.07) is 15.5. The first-order chi connectivity index (χ1) is 14.9. The van der Waals surface area contributed by atoms with Gasteiger partial charge in [-0.2, -0.15) is 0 Å². The molecule has 0 aliphatic carbocycles. The Balaban J connectivity index is 2.40. The second-order valence-electron chi connectivity index (χ2n) is 9.38. The molecule has 0 spiro atoms. The molecule has 2 N–H and O–H groups in total. The van der Waals surface area contributed by atoms with Crippen LogP contribution in [0.3, 0.4) is 0 Å². The molecule has 172 valence electrons. The summed E-state index contributed by atoms with van der Waals surface area (Å²) in [5, 5.41) is 5.32. The van der Waals surface area contributed by atoms with Crippen LogP contribution in [-0.4, -0.2) is 29.2 Å². The number of ether oxygens (including phenoxy) is 2. The van der Waals surface area contributed by atoms with Crippen molar-refractivity contribution in [2.24, 2.45) is 0 Å². The highest BCUT2D eigenvalue weighted by Gasteiger charge is 2.34. The van der Waals surface area contributed by atoms with E-state index in [4.69, 9.17) is 9.47 Å². The summed E-state index contributed by atoms with van der Waals surface area (Å²) < 4.78 is 10.7. The molecule has 0 aromatic heterocycles. The molecule has 2 atom stereocenters. The average Bonchev–Trinajstić information content (AvgIpc) is 2.68. The zero-order valence-corrected chi connectivity index (χ0v) is 19.5. The van der Waals surface area contributed by atoms with Gasteiger partial charge in [0.1, 0.15) is 23.3 Å². The summed E-state index contributed by atoms with van der Waals surface area (Å²) >= 11 is 0. The van der Waals surface area contributed by atoms with Gasteiger partial charge in [-0.3, -0.25) is 4.79 Å². The Hall–Kier alpha value is -3.35. The molecular formula is C25H32N2O5. The number of carbonyl (C=O) groups is 3. The first-order valence-electron chi connectivity index (χ1n) is 10.5. The molecule has 0 heterocycles. The lowest BCUT2D eigenvalue weighted by Crippen LogP contribution is -2.44. The molecule has 0 bridgehead atoms. The minimum Gasteiger partial charge on any atom is -0.444 e. The van der Waals surface area contributed by atoms with E-state index in [1.807, 2.05) is 12.1 Å². The summed E-state index contributed by atoms with van der Waals surface area (Å²) in [5.41, 5.74) is -0.338. The fourth-order valence-electron chi connectivity index (χ4n) is 2.95. The van der Waals surface area contributed by atoms with Crippen molar-refractivity contribution in [3.63, 3.8) is 0 Å². The topological polar surface area (TPSA) is 93.7 Å². The van der Waals surface area contributed by atoms with Gasteiger partial charge in [0.2, 0.25) is 0 Å². The summed E-state index contributed by atoms with van der Waals surface area (Å²) in [6.07, 6.45) is -1.47. The van der Waals surface area contributed by atoms with Crippen molar-refractivity contribution < 1.29 is 23.9 Å². The van der Waals surface area contributed by atoms with Crippen molar-refractivity contribution in [2.75, 3.05) is 0 Å². The van der Waals surface area contributed by atoms with Crippen LogP contribution in [0.1, 0.15) is 64.8 Å². The maximum atomic E-state index is 13.7. The molecule has 7 heteroatoms. The van der Waals surface area contributed by atoms with Crippen LogP contribution in [0.5, 0.6) is 0 Å². The number of carbonyl (C=O) groups excluding carboxylic acids is 3. The predicted octanol–water partition coefficient (Wildman–Crippen LogP) is 5.09. The fourth-order valence-corrected chi connectivity index (χ4v) is 2.95. The van der Waals surface area contributed by atoms with Crippen LogP contribution in [0.2, 0.25) is 0 Å². The van der Waals surface area contributed by atoms with Gasteiger partial charge >= 0.3 is 12.2 Å². The third kappa shape index (κ3) is 8.06. The number of ketones is 1. The van der Waals surface area contributed by atoms with Crippen molar-refractivity contribution in [1.82, 2.24) is 10.6 Å². The van der Waals surface area contributed by atoms with Gasteiger partial charge in [-0.25, -0.2) is 9.59 Å². The van der Waals surface area contributed by atoms with Crippen molar-refractivity contribution in [2.45, 2.75) is 64.8 Å². The molecule has 2 rings (SSSR count). The summed E-state index contributed by atoms with van der Waals surface area (Å²) in [7, 11) is 0. The highest BCUT2D eigenvalue weighted by molar-refractivity contribution is 5.95. The van der Waals surface area contributed by atoms with E-state index in [-0.39, 0.29) is 0 Å². The van der Waals surface area contributed by atoms with Gasteiger partial charge in [-0.15, -0.1) is 0 Å². The van der Waals surface area contributed by atoms with E-state index in [9.17, 15) is 14.4 Å². The van der Waals surface area contributed by atoms with Crippen molar-refractivity contribution >= 4 is 18.0 Å². The Labute approximate surface area is 189 Å². The molecular weight excluding hydrogens is 408 g/mol. The molecule has 0 aliphatic rings. The minimum absolute atomic E-state index is 0.431. The van der Waals surface area contributed by atoms with Gasteiger partial charge in [0.15, 0.2) is 5.78 Å². The van der Waals surface area contributed by atoms with Crippen LogP contribution < -0.4 is 10.6 Å². The van der Waals surface area contributed by atoms with Gasteiger partial charge in [0.05, 0.1) is 0 Å². The standard InChI is InChI=1S/C25H32N2O5/c1-24(2,3)31-22(29)26-19(17-13-9-7-10-14-17)21(28)20(18-15-11-8-12-16-18)27-23(30)32-25(4,5)6/h7-16,19-20H,1-6H3,(H,26,29)(H,27,30)/t19-,20?/m1/s1. The monoisotopic (exact) mass is 440 g/mol. The van der Waals surface area contributed by atoms with Crippen molar-refractivity contribution in [3.8, 4) is 0 Å². The van der Waals surface area contributed by atoms with E-state index >= 15 is 0 Å². The smallest absolute Gasteiger partial charge is 0.408 e. The van der Waals surface area contributed by atoms with Gasteiger partial charge < -0.3 is 20.1 Å². The number of hydrogen-bond donors (Lipinski definition) is 2. The molecule has 2 amide bonds. The second kappa shape index (κ2) is 10.3. The lowest BCUT2D eigenvalue weighted by molar-refractivity contribution is -0.123. The normalized spacial score (nSPS) is 13.4. The lowest BCUT2D eigenvalue weighted by Gasteiger charge is -2.27. The number of rotatable bonds is 6. The number of Topliss-reactive ketones (excluding diaryl/α,β-unsaturated/α-hetero) is 1. The molecule has 1 unspecified atom stereocenters. The SMILES string of the molecule is CC(C)(C)OC(=O)NC(C(=O)[C@H](NC(=O)OC(C)(C)C)c1ccccc1)c1ccccc1. The fraction of sp³-hybridized carbons (Fsp3) is 0.400. The van der Waals surface area contributed by atoms with E-state index in [0.29, 0.717) is 11.1 Å². The zero-order valence-electron chi connectivity index (χ0n) is 19.5. The van der Waals surface area contributed by atoms with Crippen LogP contribution in [0, 0.1) is 0 Å². The Kier molecular flexibility index (Phi) is 8.02. The predicted molar refractivity (Wildman–Crippen MR) is 122 cm³/mol. The highest BCUT2D eigenvalue weighted by atomic mass is 16.6. The number of alkyl carbamates (subject to hydrolysis) is 2. The Bertz CT molecular complexity index is 839. The molecule has 7 nitrogen and oxygen atoms in total. The number of benzene rings is 2. The van der Waals surface area contributed by atoms with Crippen LogP contribution in [0.25, 0.3) is 0 Å². The molecule has 0 saturated heterocycles. The quantitative estimate of drug-likeness (QED) is 0.653. The Morgan fingerprint density at radius 2 is 0.938 bits per heavy atom. The van der Waals surface area contributed by atoms with Gasteiger partial charge in [-0.05, 0) is 52.7 Å². The van der Waals surface area contributed by atoms with E-state index in [0.717, 1.165) is 0 Å². The second-order valence-corrected chi connectivity index (χ2v) is 9.38. The largest absolute Gasteiger partial charge is 0.444 e. The van der Waals surface area contributed by atoms with Crippen LogP contribution in [-0.2, 0) is 14.3 Å². The Morgan fingerprint density at radius 3 is 1.22 bits per heavy atom. The van der Waals surface area contributed by atoms with Gasteiger partial charge in [-0.1, -0.05) is 60.7 Å². The van der Waals surface area contributed by atoms with Crippen molar-refractivity contribution in [1.29, 1.82) is 0 Å². The first-order valence-corrected chi connectivity index (χ1v) is 10.5. The van der Waals surface area contributed by atoms with Gasteiger partial charge in [0.25, 0.3) is 0 Å². The third-order valence-corrected chi connectivity index (χ3v) is 4.16. The Morgan fingerprint density at radius 1 is 0.625 bits per heavy atom. The molecule has 0 saturated carbocycles. The molecule has 2 aromatic carbocycles.